The van der Waals surface area contributed by atoms with Gasteiger partial charge in [0.2, 0.25) is 0 Å². The zero-order valence-electron chi connectivity index (χ0n) is 14.1. The summed E-state index contributed by atoms with van der Waals surface area (Å²) in [5.74, 6) is 0. The van der Waals surface area contributed by atoms with E-state index in [0.29, 0.717) is 13.0 Å². The van der Waals surface area contributed by atoms with Crippen LogP contribution in [0.4, 0.5) is 0 Å². The van der Waals surface area contributed by atoms with E-state index in [2.05, 4.69) is 25.1 Å². The van der Waals surface area contributed by atoms with Crippen LogP contribution in [0.2, 0.25) is 0 Å². The maximum Gasteiger partial charge on any atom is 0.0645 e. The van der Waals surface area contributed by atoms with Crippen LogP contribution in [-0.2, 0) is 4.74 Å². The van der Waals surface area contributed by atoms with Gasteiger partial charge in [0.25, 0.3) is 0 Å². The third-order valence-electron chi connectivity index (χ3n) is 3.66. The van der Waals surface area contributed by atoms with Crippen LogP contribution in [0.25, 0.3) is 0 Å². The topological polar surface area (TPSA) is 33.0 Å². The molecule has 0 rings (SSSR count). The molecule has 122 valence electrons. The van der Waals surface area contributed by atoms with Gasteiger partial charge in [0, 0.05) is 6.61 Å². The molecule has 0 radical (unpaired) electrons. The summed E-state index contributed by atoms with van der Waals surface area (Å²) in [5.41, 5.74) is 0. The van der Waals surface area contributed by atoms with Crippen LogP contribution in [0, 0.1) is 11.3 Å². The average molecular weight is 293 g/mol. The smallest absolute Gasteiger partial charge is 0.0645 e. The van der Waals surface area contributed by atoms with E-state index in [-0.39, 0.29) is 0 Å². The van der Waals surface area contributed by atoms with Gasteiger partial charge >= 0.3 is 0 Å². The van der Waals surface area contributed by atoms with Crippen molar-refractivity contribution in [3.05, 3.63) is 12.2 Å². The van der Waals surface area contributed by atoms with Gasteiger partial charge in [-0.2, -0.15) is 5.26 Å². The van der Waals surface area contributed by atoms with Crippen molar-refractivity contribution in [3.63, 3.8) is 0 Å². The Balaban J connectivity index is 3.02. The molecule has 0 aromatic rings. The molecule has 0 amide bonds. The Hall–Kier alpha value is -0.810. The fourth-order valence-corrected chi connectivity index (χ4v) is 2.32. The predicted octanol–water partition coefficient (Wildman–Crippen LogP) is 6.17. The Bertz CT molecular complexity index is 255. The van der Waals surface area contributed by atoms with Gasteiger partial charge in [-0.05, 0) is 32.1 Å². The van der Waals surface area contributed by atoms with Crippen molar-refractivity contribution in [2.45, 2.75) is 90.4 Å². The first-order chi connectivity index (χ1) is 10.4. The summed E-state index contributed by atoms with van der Waals surface area (Å²) < 4.78 is 5.35. The van der Waals surface area contributed by atoms with E-state index in [1.165, 1.54) is 70.6 Å². The molecule has 0 aliphatic carbocycles. The van der Waals surface area contributed by atoms with Crippen LogP contribution >= 0.6 is 0 Å². The lowest BCUT2D eigenvalue weighted by Gasteiger charge is -2.02. The Morgan fingerprint density at radius 2 is 1.33 bits per heavy atom. The normalized spacial score (nSPS) is 11.0. The molecule has 2 heteroatoms. The SMILES string of the molecule is CCCCCC/C=C/CCCCCCCCOCCC#N. The highest BCUT2D eigenvalue weighted by Gasteiger charge is 1.92. The van der Waals surface area contributed by atoms with Gasteiger partial charge in [-0.25, -0.2) is 0 Å². The molecule has 0 aliphatic rings. The van der Waals surface area contributed by atoms with Gasteiger partial charge in [0.15, 0.2) is 0 Å². The van der Waals surface area contributed by atoms with Crippen LogP contribution < -0.4 is 0 Å². The highest BCUT2D eigenvalue weighted by molar-refractivity contribution is 4.81. The molecule has 0 aliphatic heterocycles. The molecule has 0 atom stereocenters. The first-order valence-electron chi connectivity index (χ1n) is 9.01. The second kappa shape index (κ2) is 19.2. The van der Waals surface area contributed by atoms with Crippen molar-refractivity contribution < 1.29 is 4.74 Å². The molecule has 0 N–H and O–H groups in total. The van der Waals surface area contributed by atoms with Gasteiger partial charge in [-0.3, -0.25) is 0 Å². The molecule has 0 aromatic heterocycles. The fourth-order valence-electron chi connectivity index (χ4n) is 2.32. The van der Waals surface area contributed by atoms with Gasteiger partial charge in [0.1, 0.15) is 0 Å². The van der Waals surface area contributed by atoms with Crippen LogP contribution in [-0.4, -0.2) is 13.2 Å². The zero-order valence-corrected chi connectivity index (χ0v) is 14.1. The van der Waals surface area contributed by atoms with Crippen molar-refractivity contribution in [1.29, 1.82) is 5.26 Å². The molecule has 0 spiro atoms. The monoisotopic (exact) mass is 293 g/mol. The van der Waals surface area contributed by atoms with Crippen molar-refractivity contribution >= 4 is 0 Å². The minimum Gasteiger partial charge on any atom is -0.380 e. The van der Waals surface area contributed by atoms with E-state index < -0.39 is 0 Å². The molecule has 0 saturated heterocycles. The number of hydrogen-bond donors (Lipinski definition) is 0. The summed E-state index contributed by atoms with van der Waals surface area (Å²) in [6.45, 7) is 3.68. The molecule has 21 heavy (non-hydrogen) atoms. The molecule has 0 saturated carbocycles. The predicted molar refractivity (Wildman–Crippen MR) is 91.3 cm³/mol. The van der Waals surface area contributed by atoms with Crippen LogP contribution in [0.15, 0.2) is 12.2 Å². The highest BCUT2D eigenvalue weighted by atomic mass is 16.5. The van der Waals surface area contributed by atoms with Crippen molar-refractivity contribution in [3.8, 4) is 6.07 Å². The Morgan fingerprint density at radius 1 is 0.762 bits per heavy atom. The first kappa shape index (κ1) is 20.2. The van der Waals surface area contributed by atoms with E-state index in [9.17, 15) is 0 Å². The van der Waals surface area contributed by atoms with Crippen LogP contribution in [0.5, 0.6) is 0 Å². The Morgan fingerprint density at radius 3 is 1.95 bits per heavy atom. The number of hydrogen-bond acceptors (Lipinski definition) is 2. The van der Waals surface area contributed by atoms with Gasteiger partial charge < -0.3 is 4.74 Å². The van der Waals surface area contributed by atoms with Crippen molar-refractivity contribution in [1.82, 2.24) is 0 Å². The third-order valence-corrected chi connectivity index (χ3v) is 3.66. The number of rotatable bonds is 16. The lowest BCUT2D eigenvalue weighted by molar-refractivity contribution is 0.135. The number of nitrogens with zero attached hydrogens (tertiary/aromatic N) is 1. The molecular weight excluding hydrogens is 258 g/mol. The standard InChI is InChI=1S/C19H35NO/c1-2-3-4-5-6-7-8-9-10-11-12-13-14-15-18-21-19-16-17-20/h7-8H,2-6,9-16,18-19H2,1H3/b8-7+. The van der Waals surface area contributed by atoms with Gasteiger partial charge in [0.05, 0.1) is 19.1 Å². The molecule has 0 fully saturated rings. The first-order valence-corrected chi connectivity index (χ1v) is 9.01. The summed E-state index contributed by atoms with van der Waals surface area (Å²) >= 11 is 0. The lowest BCUT2D eigenvalue weighted by atomic mass is 10.1. The molecule has 2 nitrogen and oxygen atoms in total. The van der Waals surface area contributed by atoms with E-state index in [0.717, 1.165) is 13.0 Å². The summed E-state index contributed by atoms with van der Waals surface area (Å²) in [6, 6.07) is 2.09. The van der Waals surface area contributed by atoms with Gasteiger partial charge in [-0.15, -0.1) is 0 Å². The van der Waals surface area contributed by atoms with E-state index in [1.54, 1.807) is 0 Å². The third kappa shape index (κ3) is 19.2. The van der Waals surface area contributed by atoms with E-state index >= 15 is 0 Å². The van der Waals surface area contributed by atoms with E-state index in [4.69, 9.17) is 10.00 Å². The largest absolute Gasteiger partial charge is 0.380 e. The molecule has 0 heterocycles. The molecular formula is C19H35NO. The second-order valence-electron chi connectivity index (χ2n) is 5.75. The number of nitriles is 1. The highest BCUT2D eigenvalue weighted by Crippen LogP contribution is 2.09. The van der Waals surface area contributed by atoms with Crippen molar-refractivity contribution in [2.24, 2.45) is 0 Å². The summed E-state index contributed by atoms with van der Waals surface area (Å²) in [4.78, 5) is 0. The molecule has 0 unspecified atom stereocenters. The zero-order chi connectivity index (χ0) is 15.4. The van der Waals surface area contributed by atoms with Crippen LogP contribution in [0.1, 0.15) is 90.4 Å². The Labute approximate surface area is 132 Å². The maximum atomic E-state index is 8.36. The minimum atomic E-state index is 0.520. The second-order valence-corrected chi connectivity index (χ2v) is 5.75. The van der Waals surface area contributed by atoms with Crippen LogP contribution in [0.3, 0.4) is 0 Å². The lowest BCUT2D eigenvalue weighted by Crippen LogP contribution is -1.95. The summed E-state index contributed by atoms with van der Waals surface area (Å²) in [6.07, 6.45) is 21.0. The number of ether oxygens (including phenoxy) is 1. The number of unbranched alkanes of at least 4 members (excludes halogenated alkanes) is 10. The molecule has 0 bridgehead atoms. The summed E-state index contributed by atoms with van der Waals surface area (Å²) in [7, 11) is 0. The molecule has 0 aromatic carbocycles. The average Bonchev–Trinajstić information content (AvgIpc) is 2.50. The van der Waals surface area contributed by atoms with E-state index in [1.807, 2.05) is 0 Å². The number of allylic oxidation sites excluding steroid dienone is 2. The Kier molecular flexibility index (Phi) is 18.4. The summed E-state index contributed by atoms with van der Waals surface area (Å²) in [5, 5.41) is 8.36. The fraction of sp³-hybridized carbons (Fsp3) is 0.842. The van der Waals surface area contributed by atoms with Crippen molar-refractivity contribution in [2.75, 3.05) is 13.2 Å². The quantitative estimate of drug-likeness (QED) is 0.252. The minimum absolute atomic E-state index is 0.520. The maximum absolute atomic E-state index is 8.36. The van der Waals surface area contributed by atoms with Gasteiger partial charge in [-0.1, -0.05) is 64.0 Å².